The first kappa shape index (κ1) is 22.9. The second kappa shape index (κ2) is 10.4. The Bertz CT molecular complexity index is 847. The van der Waals surface area contributed by atoms with Crippen molar-refractivity contribution in [3.05, 3.63) is 41.1 Å². The van der Waals surface area contributed by atoms with E-state index in [1.54, 1.807) is 24.3 Å². The Morgan fingerprint density at radius 3 is 2.20 bits per heavy atom. The van der Waals surface area contributed by atoms with Crippen LogP contribution in [0, 0.1) is 0 Å². The van der Waals surface area contributed by atoms with E-state index in [1.807, 2.05) is 0 Å². The first-order valence-electron chi connectivity index (χ1n) is 9.01. The summed E-state index contributed by atoms with van der Waals surface area (Å²) in [5.41, 5.74) is 1.40. The second-order valence-corrected chi connectivity index (χ2v) is 6.36. The average Bonchev–Trinajstić information content (AvgIpc) is 2.76. The zero-order valence-corrected chi connectivity index (χ0v) is 17.2. The molecule has 0 radical (unpaired) electrons. The standard InChI is InChI=1S/C20H24N2O8/c1-12(23)21-16(19(25)28-3)9-13-5-7-14(8-6-13)22-11-30-10-15(18(24)27-2)17(22)20(26)29-4/h5-8,16H,9-11H2,1-4H3,(H,21,23). The fourth-order valence-corrected chi connectivity index (χ4v) is 2.98. The summed E-state index contributed by atoms with van der Waals surface area (Å²) in [5, 5.41) is 2.55. The minimum absolute atomic E-state index is 0.0287. The normalized spacial score (nSPS) is 14.6. The average molecular weight is 420 g/mol. The lowest BCUT2D eigenvalue weighted by Gasteiger charge is -2.31. The molecule has 1 aromatic carbocycles. The minimum atomic E-state index is -0.826. The number of carbonyl (C=O) groups excluding carboxylic acids is 4. The van der Waals surface area contributed by atoms with Crippen molar-refractivity contribution in [2.45, 2.75) is 19.4 Å². The van der Waals surface area contributed by atoms with Crippen molar-refractivity contribution < 1.29 is 38.1 Å². The number of benzene rings is 1. The van der Waals surface area contributed by atoms with Crippen LogP contribution in [0.5, 0.6) is 0 Å². The minimum Gasteiger partial charge on any atom is -0.467 e. The number of hydrogen-bond acceptors (Lipinski definition) is 9. The molecule has 2 rings (SSSR count). The number of amides is 1. The van der Waals surface area contributed by atoms with Gasteiger partial charge in [0.2, 0.25) is 5.91 Å². The molecule has 1 aliphatic heterocycles. The molecule has 1 N–H and O–H groups in total. The Hall–Kier alpha value is -3.40. The van der Waals surface area contributed by atoms with E-state index in [0.29, 0.717) is 5.69 Å². The number of anilines is 1. The lowest BCUT2D eigenvalue weighted by molar-refractivity contribution is -0.144. The van der Waals surface area contributed by atoms with Crippen molar-refractivity contribution in [1.82, 2.24) is 5.32 Å². The quantitative estimate of drug-likeness (QED) is 0.490. The maximum absolute atomic E-state index is 12.3. The van der Waals surface area contributed by atoms with E-state index in [4.69, 9.17) is 18.9 Å². The second-order valence-electron chi connectivity index (χ2n) is 6.36. The molecule has 10 heteroatoms. The molecule has 0 spiro atoms. The molecule has 1 atom stereocenters. The third-order valence-corrected chi connectivity index (χ3v) is 4.38. The van der Waals surface area contributed by atoms with Crippen molar-refractivity contribution in [2.24, 2.45) is 0 Å². The predicted octanol–water partition coefficient (Wildman–Crippen LogP) is 0.301. The molecule has 0 saturated carbocycles. The smallest absolute Gasteiger partial charge is 0.355 e. The molecule has 0 aromatic heterocycles. The van der Waals surface area contributed by atoms with E-state index in [2.05, 4.69) is 5.32 Å². The molecule has 1 aliphatic rings. The highest BCUT2D eigenvalue weighted by atomic mass is 16.5. The van der Waals surface area contributed by atoms with Crippen molar-refractivity contribution in [3.63, 3.8) is 0 Å². The molecular formula is C20H24N2O8. The maximum atomic E-state index is 12.3. The number of nitrogens with one attached hydrogen (secondary N) is 1. The fraction of sp³-hybridized carbons (Fsp3) is 0.400. The molecule has 1 aromatic rings. The van der Waals surface area contributed by atoms with Crippen LogP contribution in [0.2, 0.25) is 0 Å². The molecule has 1 amide bonds. The van der Waals surface area contributed by atoms with Crippen molar-refractivity contribution in [1.29, 1.82) is 0 Å². The first-order chi connectivity index (χ1) is 14.3. The lowest BCUT2D eigenvalue weighted by atomic mass is 10.0. The maximum Gasteiger partial charge on any atom is 0.355 e. The molecule has 162 valence electrons. The summed E-state index contributed by atoms with van der Waals surface area (Å²) in [7, 11) is 3.68. The lowest BCUT2D eigenvalue weighted by Crippen LogP contribution is -2.42. The highest BCUT2D eigenvalue weighted by Gasteiger charge is 2.32. The molecule has 0 fully saturated rings. The van der Waals surface area contributed by atoms with Gasteiger partial charge in [0, 0.05) is 19.0 Å². The summed E-state index contributed by atoms with van der Waals surface area (Å²) >= 11 is 0. The Labute approximate surface area is 173 Å². The molecule has 0 aliphatic carbocycles. The van der Waals surface area contributed by atoms with Gasteiger partial charge in [-0.25, -0.2) is 14.4 Å². The van der Waals surface area contributed by atoms with Crippen LogP contribution < -0.4 is 10.2 Å². The van der Waals surface area contributed by atoms with Crippen LogP contribution in [0.25, 0.3) is 0 Å². The van der Waals surface area contributed by atoms with Gasteiger partial charge in [0.15, 0.2) is 0 Å². The molecule has 30 heavy (non-hydrogen) atoms. The molecule has 10 nitrogen and oxygen atoms in total. The zero-order chi connectivity index (χ0) is 22.3. The number of hydrogen-bond donors (Lipinski definition) is 1. The molecule has 1 heterocycles. The number of rotatable bonds is 7. The fourth-order valence-electron chi connectivity index (χ4n) is 2.98. The van der Waals surface area contributed by atoms with E-state index in [-0.39, 0.29) is 36.9 Å². The predicted molar refractivity (Wildman–Crippen MR) is 104 cm³/mol. The molecular weight excluding hydrogens is 396 g/mol. The van der Waals surface area contributed by atoms with Crippen LogP contribution in [-0.4, -0.2) is 64.5 Å². The number of ether oxygens (including phenoxy) is 4. The van der Waals surface area contributed by atoms with Gasteiger partial charge in [-0.1, -0.05) is 12.1 Å². The van der Waals surface area contributed by atoms with Crippen molar-refractivity contribution in [2.75, 3.05) is 39.6 Å². The van der Waals surface area contributed by atoms with Crippen LogP contribution in [0.15, 0.2) is 35.5 Å². The van der Waals surface area contributed by atoms with E-state index in [1.165, 1.54) is 33.2 Å². The molecule has 0 bridgehead atoms. The molecule has 1 unspecified atom stereocenters. The van der Waals surface area contributed by atoms with Gasteiger partial charge in [-0.15, -0.1) is 0 Å². The van der Waals surface area contributed by atoms with Gasteiger partial charge < -0.3 is 29.2 Å². The highest BCUT2D eigenvalue weighted by Crippen LogP contribution is 2.27. The summed E-state index contributed by atoms with van der Waals surface area (Å²) < 4.78 is 19.7. The summed E-state index contributed by atoms with van der Waals surface area (Å²) in [4.78, 5) is 49.1. The third-order valence-electron chi connectivity index (χ3n) is 4.38. The number of nitrogens with zero attached hydrogens (tertiary/aromatic N) is 1. The number of methoxy groups -OCH3 is 3. The van der Waals surface area contributed by atoms with Crippen molar-refractivity contribution >= 4 is 29.5 Å². The Morgan fingerprint density at radius 2 is 1.67 bits per heavy atom. The zero-order valence-electron chi connectivity index (χ0n) is 17.2. The largest absolute Gasteiger partial charge is 0.467 e. The van der Waals surface area contributed by atoms with Gasteiger partial charge in [0.05, 0.1) is 33.5 Å². The van der Waals surface area contributed by atoms with Gasteiger partial charge in [-0.05, 0) is 17.7 Å². The first-order valence-corrected chi connectivity index (χ1v) is 9.01. The van der Waals surface area contributed by atoms with Crippen LogP contribution in [0.1, 0.15) is 12.5 Å². The van der Waals surface area contributed by atoms with Crippen molar-refractivity contribution in [3.8, 4) is 0 Å². The molecule has 0 saturated heterocycles. The summed E-state index contributed by atoms with van der Waals surface area (Å²) in [5.74, 6) is -2.29. The summed E-state index contributed by atoms with van der Waals surface area (Å²) in [6.07, 6.45) is 0.218. The Morgan fingerprint density at radius 1 is 1.03 bits per heavy atom. The number of carbonyl (C=O) groups is 4. The summed E-state index contributed by atoms with van der Waals surface area (Å²) in [6, 6.07) is 6.03. The van der Waals surface area contributed by atoms with E-state index in [0.717, 1.165) is 5.56 Å². The Kier molecular flexibility index (Phi) is 7.93. The van der Waals surface area contributed by atoms with Gasteiger partial charge in [-0.3, -0.25) is 4.79 Å². The van der Waals surface area contributed by atoms with Gasteiger partial charge in [-0.2, -0.15) is 0 Å². The third kappa shape index (κ3) is 5.35. The Balaban J connectivity index is 2.31. The van der Waals surface area contributed by atoms with Gasteiger partial charge >= 0.3 is 17.9 Å². The van der Waals surface area contributed by atoms with Crippen LogP contribution in [0.3, 0.4) is 0 Å². The van der Waals surface area contributed by atoms with E-state index in [9.17, 15) is 19.2 Å². The number of esters is 3. The SMILES string of the molecule is COC(=O)C1=C(C(=O)OC)N(c2ccc(CC(NC(C)=O)C(=O)OC)cc2)COC1. The highest BCUT2D eigenvalue weighted by molar-refractivity contribution is 6.03. The van der Waals surface area contributed by atoms with Crippen LogP contribution >= 0.6 is 0 Å². The van der Waals surface area contributed by atoms with E-state index >= 15 is 0 Å². The van der Waals surface area contributed by atoms with E-state index < -0.39 is 23.9 Å². The summed E-state index contributed by atoms with van der Waals surface area (Å²) in [6.45, 7) is 1.26. The van der Waals surface area contributed by atoms with Gasteiger partial charge in [0.1, 0.15) is 18.5 Å². The van der Waals surface area contributed by atoms with Gasteiger partial charge in [0.25, 0.3) is 0 Å². The topological polar surface area (TPSA) is 120 Å². The van der Waals surface area contributed by atoms with Crippen LogP contribution in [-0.2, 0) is 44.5 Å². The van der Waals surface area contributed by atoms with Crippen LogP contribution in [0.4, 0.5) is 5.69 Å². The monoisotopic (exact) mass is 420 g/mol.